The van der Waals surface area contributed by atoms with Gasteiger partial charge in [-0.05, 0) is 59.2 Å². The molecule has 4 aromatic carbocycles. The number of carboxylic acids is 1. The number of aryl methyl sites for hydroxylation is 1. The highest BCUT2D eigenvalue weighted by molar-refractivity contribution is 5.77. The molecule has 0 bridgehead atoms. The van der Waals surface area contributed by atoms with Gasteiger partial charge in [0, 0.05) is 13.2 Å². The first-order valence-electron chi connectivity index (χ1n) is 15.9. The van der Waals surface area contributed by atoms with Crippen molar-refractivity contribution in [1.29, 1.82) is 0 Å². The Morgan fingerprint density at radius 1 is 0.896 bits per heavy atom. The number of aromatic nitrogens is 3. The molecule has 0 saturated carbocycles. The van der Waals surface area contributed by atoms with Gasteiger partial charge in [-0.25, -0.2) is 9.36 Å². The third kappa shape index (κ3) is 5.28. The van der Waals surface area contributed by atoms with Crippen LogP contribution >= 0.6 is 0 Å². The highest BCUT2D eigenvalue weighted by Crippen LogP contribution is 2.39. The molecule has 48 heavy (non-hydrogen) atoms. The number of aliphatic carboxylic acids is 1. The number of nitrogens with one attached hydrogen (secondary N) is 1. The van der Waals surface area contributed by atoms with Gasteiger partial charge in [0.1, 0.15) is 11.8 Å². The van der Waals surface area contributed by atoms with Crippen molar-refractivity contribution in [3.05, 3.63) is 170 Å². The number of benzene rings is 4. The van der Waals surface area contributed by atoms with Gasteiger partial charge >= 0.3 is 11.7 Å². The van der Waals surface area contributed by atoms with Crippen LogP contribution in [-0.2, 0) is 30.2 Å². The summed E-state index contributed by atoms with van der Waals surface area (Å²) < 4.78 is 8.70. The minimum atomic E-state index is -1.04. The zero-order valence-electron chi connectivity index (χ0n) is 26.4. The lowest BCUT2D eigenvalue weighted by atomic mass is 9.76. The van der Waals surface area contributed by atoms with Crippen LogP contribution in [0.1, 0.15) is 34.2 Å². The Morgan fingerprint density at radius 2 is 1.50 bits per heavy atom. The molecule has 1 aliphatic heterocycles. The number of ether oxygens (including phenoxy) is 1. The van der Waals surface area contributed by atoms with E-state index in [4.69, 9.17) is 4.74 Å². The quantitative estimate of drug-likeness (QED) is 0.215. The molecule has 1 aliphatic rings. The largest absolute Gasteiger partial charge is 0.491 e. The lowest BCUT2D eigenvalue weighted by Gasteiger charge is -2.39. The maximum atomic E-state index is 13.7. The fraction of sp³-hybridized carbons (Fsp3) is 0.179. The summed E-state index contributed by atoms with van der Waals surface area (Å²) in [5.41, 5.74) is 3.04. The SMILES string of the molecule is Cn1c(=O)n(-c2ccc(CC(NC(c3ccccc3)(c3ccccc3)c3ccccc3)C(=O)O)c3c2OCCC3)c(=O)c2ccncc21. The van der Waals surface area contributed by atoms with Crippen LogP contribution < -0.4 is 21.3 Å². The molecule has 1 unspecified atom stereocenters. The van der Waals surface area contributed by atoms with E-state index in [9.17, 15) is 19.5 Å². The van der Waals surface area contributed by atoms with Crippen LogP contribution in [0.4, 0.5) is 0 Å². The van der Waals surface area contributed by atoms with Gasteiger partial charge in [-0.3, -0.25) is 24.5 Å². The van der Waals surface area contributed by atoms with E-state index in [0.29, 0.717) is 41.8 Å². The van der Waals surface area contributed by atoms with Crippen molar-refractivity contribution < 1.29 is 14.6 Å². The summed E-state index contributed by atoms with van der Waals surface area (Å²) in [6, 6.07) is 33.7. The predicted molar refractivity (Wildman–Crippen MR) is 184 cm³/mol. The number of nitrogens with zero attached hydrogens (tertiary/aromatic N) is 3. The normalized spacial score (nSPS) is 13.4. The summed E-state index contributed by atoms with van der Waals surface area (Å²) in [6.07, 6.45) is 4.47. The topological polar surface area (TPSA) is 115 Å². The van der Waals surface area contributed by atoms with E-state index in [0.717, 1.165) is 32.4 Å². The number of rotatable bonds is 9. The number of hydrogen-bond donors (Lipinski definition) is 2. The number of carboxylic acid groups (broad SMARTS) is 1. The fourth-order valence-electron chi connectivity index (χ4n) is 6.88. The second kappa shape index (κ2) is 12.8. The first-order chi connectivity index (χ1) is 23.4. The monoisotopic (exact) mass is 638 g/mol. The average molecular weight is 639 g/mol. The van der Waals surface area contributed by atoms with E-state index in [-0.39, 0.29) is 6.42 Å². The Morgan fingerprint density at radius 3 is 2.08 bits per heavy atom. The van der Waals surface area contributed by atoms with E-state index in [2.05, 4.69) is 10.3 Å². The molecule has 0 spiro atoms. The molecule has 9 nitrogen and oxygen atoms in total. The van der Waals surface area contributed by atoms with Crippen molar-refractivity contribution in [2.24, 2.45) is 7.05 Å². The van der Waals surface area contributed by atoms with Crippen LogP contribution in [0.3, 0.4) is 0 Å². The molecule has 3 heterocycles. The molecule has 0 fully saturated rings. The highest BCUT2D eigenvalue weighted by Gasteiger charge is 2.40. The van der Waals surface area contributed by atoms with E-state index in [1.54, 1.807) is 19.2 Å². The van der Waals surface area contributed by atoms with Crippen LogP contribution in [-0.4, -0.2) is 37.8 Å². The third-order valence-corrected chi connectivity index (χ3v) is 9.20. The maximum Gasteiger partial charge on any atom is 0.336 e. The van der Waals surface area contributed by atoms with Crippen molar-refractivity contribution in [2.75, 3.05) is 6.61 Å². The van der Waals surface area contributed by atoms with Crippen LogP contribution in [0.15, 0.2) is 131 Å². The molecule has 1 atom stereocenters. The number of fused-ring (bicyclic) bond motifs is 2. The van der Waals surface area contributed by atoms with Crippen molar-refractivity contribution >= 4 is 16.9 Å². The summed E-state index contributed by atoms with van der Waals surface area (Å²) in [7, 11) is 1.60. The zero-order valence-corrected chi connectivity index (χ0v) is 26.4. The van der Waals surface area contributed by atoms with Crippen molar-refractivity contribution in [1.82, 2.24) is 19.4 Å². The Balaban J connectivity index is 1.36. The molecular weight excluding hydrogens is 604 g/mol. The molecule has 7 rings (SSSR count). The Hall–Kier alpha value is -5.80. The van der Waals surface area contributed by atoms with Gasteiger partial charge in [-0.1, -0.05) is 97.1 Å². The molecule has 9 heteroatoms. The second-order valence-corrected chi connectivity index (χ2v) is 12.0. The minimum Gasteiger partial charge on any atom is -0.491 e. The smallest absolute Gasteiger partial charge is 0.336 e. The van der Waals surface area contributed by atoms with Gasteiger partial charge < -0.3 is 9.84 Å². The zero-order chi connectivity index (χ0) is 33.3. The van der Waals surface area contributed by atoms with Crippen LogP contribution in [0, 0.1) is 0 Å². The second-order valence-electron chi connectivity index (χ2n) is 12.0. The van der Waals surface area contributed by atoms with Crippen LogP contribution in [0.2, 0.25) is 0 Å². The molecule has 2 aromatic heterocycles. The van der Waals surface area contributed by atoms with Gasteiger partial charge in [-0.15, -0.1) is 0 Å². The molecule has 0 radical (unpaired) electrons. The Bertz CT molecular complexity index is 2130. The lowest BCUT2D eigenvalue weighted by Crippen LogP contribution is -2.53. The van der Waals surface area contributed by atoms with Gasteiger partial charge in [0.2, 0.25) is 0 Å². The summed E-state index contributed by atoms with van der Waals surface area (Å²) in [5, 5.41) is 14.8. The van der Waals surface area contributed by atoms with Gasteiger partial charge in [0.05, 0.1) is 34.9 Å². The van der Waals surface area contributed by atoms with Crippen molar-refractivity contribution in [2.45, 2.75) is 30.8 Å². The van der Waals surface area contributed by atoms with Crippen molar-refractivity contribution in [3.8, 4) is 11.4 Å². The number of pyridine rings is 1. The summed E-state index contributed by atoms with van der Waals surface area (Å²) >= 11 is 0. The van der Waals surface area contributed by atoms with Crippen LogP contribution in [0.5, 0.6) is 5.75 Å². The maximum absolute atomic E-state index is 13.7. The van der Waals surface area contributed by atoms with E-state index >= 15 is 0 Å². The summed E-state index contributed by atoms with van der Waals surface area (Å²) in [4.78, 5) is 44.5. The molecule has 2 N–H and O–H groups in total. The minimum absolute atomic E-state index is 0.131. The molecule has 240 valence electrons. The highest BCUT2D eigenvalue weighted by atomic mass is 16.5. The van der Waals surface area contributed by atoms with Gasteiger partial charge in [0.15, 0.2) is 0 Å². The third-order valence-electron chi connectivity index (χ3n) is 9.20. The summed E-state index contributed by atoms with van der Waals surface area (Å²) in [6.45, 7) is 0.412. The van der Waals surface area contributed by atoms with E-state index in [1.165, 1.54) is 17.0 Å². The number of carbonyl (C=O) groups is 1. The molecule has 0 aliphatic carbocycles. The standard InChI is InChI=1S/C39H34N4O5/c1-42-34-25-40-22-21-31(34)36(44)43(38(42)47)33-20-19-26(30-18-11-23-48-35(30)33)24-32(37(45)46)41-39(27-12-5-2-6-13-27,28-14-7-3-8-15-28)29-16-9-4-10-17-29/h2-10,12-17,19-22,25,32,41H,11,18,23-24H2,1H3,(H,45,46). The Kier molecular flexibility index (Phi) is 8.20. The first kappa shape index (κ1) is 30.8. The molecule has 0 saturated heterocycles. The molecule has 0 amide bonds. The van der Waals surface area contributed by atoms with E-state index < -0.39 is 28.8 Å². The fourth-order valence-corrected chi connectivity index (χ4v) is 6.88. The molecular formula is C39H34N4O5. The van der Waals surface area contributed by atoms with Gasteiger partial charge in [-0.2, -0.15) is 0 Å². The summed E-state index contributed by atoms with van der Waals surface area (Å²) in [5.74, 6) is -0.583. The van der Waals surface area contributed by atoms with Crippen molar-refractivity contribution in [3.63, 3.8) is 0 Å². The number of hydrogen-bond acceptors (Lipinski definition) is 6. The first-order valence-corrected chi connectivity index (χ1v) is 15.9. The lowest BCUT2D eigenvalue weighted by molar-refractivity contribution is -0.139. The average Bonchev–Trinajstić information content (AvgIpc) is 3.14. The molecule has 6 aromatic rings. The van der Waals surface area contributed by atoms with E-state index in [1.807, 2.05) is 97.1 Å². The predicted octanol–water partition coefficient (Wildman–Crippen LogP) is 4.99. The Labute approximate surface area is 276 Å². The van der Waals surface area contributed by atoms with Gasteiger partial charge in [0.25, 0.3) is 5.56 Å². The van der Waals surface area contributed by atoms with Crippen LogP contribution in [0.25, 0.3) is 16.6 Å².